The third kappa shape index (κ3) is 3.09. The molecule has 0 aliphatic heterocycles. The molecule has 0 heterocycles. The van der Waals surface area contributed by atoms with Crippen molar-refractivity contribution in [3.8, 4) is 5.75 Å². The van der Waals surface area contributed by atoms with Crippen molar-refractivity contribution >= 4 is 54.5 Å². The van der Waals surface area contributed by atoms with E-state index in [0.29, 0.717) is 16.0 Å². The van der Waals surface area contributed by atoms with E-state index >= 15 is 0 Å². The summed E-state index contributed by atoms with van der Waals surface area (Å²) in [5.41, 5.74) is 0. The van der Waals surface area contributed by atoms with Crippen LogP contribution in [0.1, 0.15) is 0 Å². The predicted octanol–water partition coefficient (Wildman–Crippen LogP) is 6.01. The van der Waals surface area contributed by atoms with Gasteiger partial charge in [0.1, 0.15) is 10.6 Å². The van der Waals surface area contributed by atoms with Gasteiger partial charge in [-0.3, -0.25) is 0 Å². The smallest absolute Gasteiger partial charge is 0.308 e. The fourth-order valence-corrected chi connectivity index (χ4v) is 5.57. The number of benzene rings is 5. The lowest BCUT2D eigenvalue weighted by Gasteiger charge is -2.13. The highest BCUT2D eigenvalue weighted by atomic mass is 32.3. The lowest BCUT2D eigenvalue weighted by atomic mass is 9.94. The third-order valence-corrected chi connectivity index (χ3v) is 7.39. The van der Waals surface area contributed by atoms with E-state index < -0.39 is 10.1 Å². The van der Waals surface area contributed by atoms with Crippen LogP contribution in [0.25, 0.3) is 32.3 Å². The SMILES string of the molecule is COc1ccc(SOS(=O)(=O)c2ccc3ccc4cccc5ccc2c3c45)cc1. The van der Waals surface area contributed by atoms with Gasteiger partial charge in [0.15, 0.2) is 0 Å². The van der Waals surface area contributed by atoms with Crippen LogP contribution in [0.3, 0.4) is 0 Å². The zero-order chi connectivity index (χ0) is 20.0. The highest BCUT2D eigenvalue weighted by molar-refractivity contribution is 8.04. The number of methoxy groups -OCH3 is 1. The first-order valence-corrected chi connectivity index (χ1v) is 11.1. The molecule has 0 bridgehead atoms. The molecular weight excluding hydrogens is 404 g/mol. The highest BCUT2D eigenvalue weighted by Crippen LogP contribution is 2.38. The quantitative estimate of drug-likeness (QED) is 0.258. The van der Waals surface area contributed by atoms with E-state index in [4.69, 9.17) is 8.37 Å². The molecule has 0 spiro atoms. The van der Waals surface area contributed by atoms with Crippen LogP contribution in [0.5, 0.6) is 5.75 Å². The van der Waals surface area contributed by atoms with Crippen molar-refractivity contribution in [2.75, 3.05) is 7.11 Å². The van der Waals surface area contributed by atoms with Gasteiger partial charge < -0.3 is 4.74 Å². The van der Waals surface area contributed by atoms with Gasteiger partial charge in [0.2, 0.25) is 0 Å². The van der Waals surface area contributed by atoms with Crippen molar-refractivity contribution in [1.82, 2.24) is 0 Å². The summed E-state index contributed by atoms with van der Waals surface area (Å²) in [4.78, 5) is 0.844. The van der Waals surface area contributed by atoms with Crippen LogP contribution in [0.2, 0.25) is 0 Å². The van der Waals surface area contributed by atoms with Gasteiger partial charge in [-0.1, -0.05) is 48.5 Å². The Kier molecular flexibility index (Phi) is 4.35. The topological polar surface area (TPSA) is 52.6 Å². The molecule has 5 rings (SSSR count). The number of hydrogen-bond acceptors (Lipinski definition) is 5. The molecule has 0 saturated carbocycles. The fourth-order valence-electron chi connectivity index (χ4n) is 3.68. The monoisotopic (exact) mass is 420 g/mol. The predicted molar refractivity (Wildman–Crippen MR) is 117 cm³/mol. The highest BCUT2D eigenvalue weighted by Gasteiger charge is 2.22. The molecule has 29 heavy (non-hydrogen) atoms. The first kappa shape index (κ1) is 18.2. The summed E-state index contributed by atoms with van der Waals surface area (Å²) in [6.07, 6.45) is 0. The van der Waals surface area contributed by atoms with E-state index in [1.165, 1.54) is 0 Å². The molecule has 0 radical (unpaired) electrons. The Morgan fingerprint density at radius 2 is 1.34 bits per heavy atom. The van der Waals surface area contributed by atoms with Gasteiger partial charge in [-0.15, -0.1) is 0 Å². The van der Waals surface area contributed by atoms with Crippen LogP contribution in [-0.4, -0.2) is 15.5 Å². The molecule has 0 aromatic heterocycles. The summed E-state index contributed by atoms with van der Waals surface area (Å²) in [5.74, 6) is 0.698. The van der Waals surface area contributed by atoms with E-state index in [2.05, 4.69) is 6.07 Å². The summed E-state index contributed by atoms with van der Waals surface area (Å²) >= 11 is 0.817. The molecule has 0 unspecified atom stereocenters. The van der Waals surface area contributed by atoms with Crippen LogP contribution >= 0.6 is 12.0 Å². The Hall–Kier alpha value is -2.80. The molecule has 0 atom stereocenters. The summed E-state index contributed by atoms with van der Waals surface area (Å²) in [5, 5.41) is 5.86. The van der Waals surface area contributed by atoms with Gasteiger partial charge in [-0.25, -0.2) is 0 Å². The fraction of sp³-hybridized carbons (Fsp3) is 0.0435. The minimum Gasteiger partial charge on any atom is -0.497 e. The summed E-state index contributed by atoms with van der Waals surface area (Å²) in [7, 11) is -2.39. The summed E-state index contributed by atoms with van der Waals surface area (Å²) in [6, 6.07) is 24.5. The minimum absolute atomic E-state index is 0.171. The maximum absolute atomic E-state index is 13.0. The van der Waals surface area contributed by atoms with Gasteiger partial charge in [0.05, 0.1) is 7.11 Å². The van der Waals surface area contributed by atoms with Crippen molar-refractivity contribution in [2.45, 2.75) is 9.79 Å². The first-order chi connectivity index (χ1) is 14.1. The Morgan fingerprint density at radius 1 is 0.724 bits per heavy atom. The molecule has 144 valence electrons. The second-order valence-electron chi connectivity index (χ2n) is 6.70. The largest absolute Gasteiger partial charge is 0.497 e. The molecule has 4 nitrogen and oxygen atoms in total. The van der Waals surface area contributed by atoms with Crippen molar-refractivity contribution in [2.24, 2.45) is 0 Å². The average molecular weight is 421 g/mol. The molecule has 6 heteroatoms. The van der Waals surface area contributed by atoms with Gasteiger partial charge in [-0.2, -0.15) is 12.0 Å². The molecular formula is C23H16O4S2. The number of hydrogen-bond donors (Lipinski definition) is 0. The van der Waals surface area contributed by atoms with Crippen LogP contribution < -0.4 is 4.74 Å². The van der Waals surface area contributed by atoms with E-state index in [1.807, 2.05) is 42.5 Å². The second-order valence-corrected chi connectivity index (χ2v) is 9.23. The van der Waals surface area contributed by atoms with Crippen LogP contribution in [0.4, 0.5) is 0 Å². The van der Waals surface area contributed by atoms with Crippen molar-refractivity contribution < 1.29 is 16.8 Å². The minimum atomic E-state index is -3.97. The van der Waals surface area contributed by atoms with E-state index in [9.17, 15) is 8.42 Å². The number of ether oxygens (including phenoxy) is 1. The Balaban J connectivity index is 1.59. The molecule has 0 saturated heterocycles. The molecule has 5 aromatic carbocycles. The summed E-state index contributed by atoms with van der Waals surface area (Å²) in [6.45, 7) is 0. The van der Waals surface area contributed by atoms with E-state index in [1.54, 1.807) is 37.4 Å². The number of rotatable bonds is 5. The van der Waals surface area contributed by atoms with Crippen LogP contribution in [-0.2, 0) is 13.7 Å². The Bertz CT molecular complexity index is 1430. The third-order valence-electron chi connectivity index (χ3n) is 5.04. The first-order valence-electron chi connectivity index (χ1n) is 8.98. The zero-order valence-corrected chi connectivity index (χ0v) is 17.1. The van der Waals surface area contributed by atoms with E-state index in [-0.39, 0.29) is 4.90 Å². The van der Waals surface area contributed by atoms with Crippen LogP contribution in [0, 0.1) is 0 Å². The standard InChI is InChI=1S/C23H16O4S2/c1-26-18-9-11-19(12-10-18)28-27-29(24,25)21-14-8-17-6-5-15-3-2-4-16-7-13-20(21)23(17)22(15)16/h2-14H,1H3. The maximum Gasteiger partial charge on any atom is 0.308 e. The molecule has 0 aliphatic carbocycles. The van der Waals surface area contributed by atoms with Crippen molar-refractivity contribution in [1.29, 1.82) is 0 Å². The van der Waals surface area contributed by atoms with Gasteiger partial charge >= 0.3 is 10.1 Å². The Labute approximate surface area is 172 Å². The van der Waals surface area contributed by atoms with Gasteiger partial charge in [-0.05, 0) is 57.3 Å². The second kappa shape index (κ2) is 6.91. The molecule has 0 fully saturated rings. The van der Waals surface area contributed by atoms with E-state index in [0.717, 1.165) is 39.0 Å². The van der Waals surface area contributed by atoms with Gasteiger partial charge in [0.25, 0.3) is 0 Å². The lowest BCUT2D eigenvalue weighted by molar-refractivity contribution is 0.414. The van der Waals surface area contributed by atoms with Crippen molar-refractivity contribution in [3.63, 3.8) is 0 Å². The normalized spacial score (nSPS) is 12.2. The maximum atomic E-state index is 13.0. The Morgan fingerprint density at radius 3 is 2.03 bits per heavy atom. The van der Waals surface area contributed by atoms with Crippen molar-refractivity contribution in [3.05, 3.63) is 78.9 Å². The van der Waals surface area contributed by atoms with Gasteiger partial charge in [0, 0.05) is 22.3 Å². The molecule has 0 amide bonds. The molecule has 0 N–H and O–H groups in total. The average Bonchev–Trinajstić information content (AvgIpc) is 2.76. The summed E-state index contributed by atoms with van der Waals surface area (Å²) < 4.78 is 36.4. The lowest BCUT2D eigenvalue weighted by Crippen LogP contribution is -2.03. The van der Waals surface area contributed by atoms with Crippen LogP contribution in [0.15, 0.2) is 88.7 Å². The molecule has 5 aromatic rings. The molecule has 0 aliphatic rings. The zero-order valence-electron chi connectivity index (χ0n) is 15.5.